The summed E-state index contributed by atoms with van der Waals surface area (Å²) < 4.78 is 0. The number of hydrogen-bond acceptors (Lipinski definition) is 3. The third-order valence-corrected chi connectivity index (χ3v) is 3.71. The summed E-state index contributed by atoms with van der Waals surface area (Å²) in [6.45, 7) is 6.07. The molecule has 1 heterocycles. The molecule has 2 rings (SSSR count). The zero-order chi connectivity index (χ0) is 13.8. The zero-order valence-electron chi connectivity index (χ0n) is 12.1. The second-order valence-corrected chi connectivity index (χ2v) is 5.25. The molecule has 1 atom stereocenters. The molecule has 0 amide bonds. The highest BCUT2D eigenvalue weighted by atomic mass is 15.1. The molecular weight excluding hydrogens is 234 g/mol. The van der Waals surface area contributed by atoms with E-state index < -0.39 is 0 Å². The van der Waals surface area contributed by atoms with Crippen molar-refractivity contribution in [3.8, 4) is 0 Å². The maximum Gasteiger partial charge on any atom is 0.0723 e. The molecular formula is C16H23N3. The van der Waals surface area contributed by atoms with E-state index in [9.17, 15) is 0 Å². The molecule has 1 aromatic carbocycles. The Hall–Kier alpha value is -1.61. The Kier molecular flexibility index (Phi) is 4.38. The van der Waals surface area contributed by atoms with Crippen molar-refractivity contribution in [1.82, 2.24) is 4.98 Å². The molecule has 19 heavy (non-hydrogen) atoms. The molecule has 0 bridgehead atoms. The number of pyridine rings is 1. The minimum atomic E-state index is 0.526. The fraction of sp³-hybridized carbons (Fsp3) is 0.438. The molecule has 0 fully saturated rings. The van der Waals surface area contributed by atoms with Gasteiger partial charge in [0.15, 0.2) is 0 Å². The zero-order valence-corrected chi connectivity index (χ0v) is 12.1. The van der Waals surface area contributed by atoms with Crippen LogP contribution in [0.2, 0.25) is 0 Å². The van der Waals surface area contributed by atoms with Crippen LogP contribution in [0.1, 0.15) is 25.8 Å². The first-order valence-electron chi connectivity index (χ1n) is 6.95. The van der Waals surface area contributed by atoms with Crippen molar-refractivity contribution < 1.29 is 0 Å². The highest BCUT2D eigenvalue weighted by Gasteiger charge is 2.13. The Morgan fingerprint density at radius 2 is 2.05 bits per heavy atom. The van der Waals surface area contributed by atoms with Crippen LogP contribution >= 0.6 is 0 Å². The van der Waals surface area contributed by atoms with E-state index in [1.54, 1.807) is 0 Å². The van der Waals surface area contributed by atoms with Crippen LogP contribution in [-0.2, 0) is 6.54 Å². The Balaban J connectivity index is 2.49. The van der Waals surface area contributed by atoms with Gasteiger partial charge in [-0.15, -0.1) is 0 Å². The lowest BCUT2D eigenvalue weighted by Crippen LogP contribution is -2.25. The average Bonchev–Trinajstić information content (AvgIpc) is 2.45. The predicted molar refractivity (Wildman–Crippen MR) is 82.4 cm³/mol. The van der Waals surface area contributed by atoms with E-state index in [-0.39, 0.29) is 0 Å². The summed E-state index contributed by atoms with van der Waals surface area (Å²) in [7, 11) is 2.15. The predicted octanol–water partition coefficient (Wildman–Crippen LogP) is 3.18. The van der Waals surface area contributed by atoms with E-state index in [4.69, 9.17) is 5.73 Å². The van der Waals surface area contributed by atoms with Gasteiger partial charge in [0.05, 0.1) is 11.2 Å². The van der Waals surface area contributed by atoms with Gasteiger partial charge in [0.1, 0.15) is 0 Å². The van der Waals surface area contributed by atoms with Gasteiger partial charge in [-0.25, -0.2) is 0 Å². The third-order valence-electron chi connectivity index (χ3n) is 3.71. The number of aromatic nitrogens is 1. The molecule has 0 spiro atoms. The van der Waals surface area contributed by atoms with Crippen LogP contribution < -0.4 is 10.6 Å². The largest absolute Gasteiger partial charge is 0.373 e. The first kappa shape index (κ1) is 13.8. The number of hydrogen-bond donors (Lipinski definition) is 1. The average molecular weight is 257 g/mol. The molecule has 2 N–H and O–H groups in total. The molecule has 0 aliphatic carbocycles. The lowest BCUT2D eigenvalue weighted by molar-refractivity contribution is 0.559. The number of fused-ring (bicyclic) bond motifs is 1. The van der Waals surface area contributed by atoms with Gasteiger partial charge in [0, 0.05) is 37.3 Å². The summed E-state index contributed by atoms with van der Waals surface area (Å²) in [5.74, 6) is 0.669. The molecule has 0 saturated heterocycles. The van der Waals surface area contributed by atoms with Crippen LogP contribution in [0, 0.1) is 5.92 Å². The normalized spacial score (nSPS) is 12.6. The SMILES string of the molecule is CCC(C)CN(C)c1c(CN)cnc2ccccc12. The van der Waals surface area contributed by atoms with Crippen LogP contribution in [0.25, 0.3) is 10.9 Å². The van der Waals surface area contributed by atoms with Crippen molar-refractivity contribution in [3.63, 3.8) is 0 Å². The second kappa shape index (κ2) is 6.02. The molecule has 3 nitrogen and oxygen atoms in total. The highest BCUT2D eigenvalue weighted by molar-refractivity contribution is 5.93. The van der Waals surface area contributed by atoms with Crippen LogP contribution in [0.4, 0.5) is 5.69 Å². The van der Waals surface area contributed by atoms with Crippen molar-refractivity contribution in [2.45, 2.75) is 26.8 Å². The van der Waals surface area contributed by atoms with Crippen LogP contribution in [-0.4, -0.2) is 18.6 Å². The lowest BCUT2D eigenvalue weighted by atomic mass is 10.1. The second-order valence-electron chi connectivity index (χ2n) is 5.25. The number of rotatable bonds is 5. The maximum atomic E-state index is 5.88. The summed E-state index contributed by atoms with van der Waals surface area (Å²) in [5.41, 5.74) is 9.25. The summed E-state index contributed by atoms with van der Waals surface area (Å²) in [4.78, 5) is 6.81. The highest BCUT2D eigenvalue weighted by Crippen LogP contribution is 2.29. The molecule has 0 aliphatic rings. The first-order valence-corrected chi connectivity index (χ1v) is 6.95. The van der Waals surface area contributed by atoms with Gasteiger partial charge >= 0.3 is 0 Å². The fourth-order valence-corrected chi connectivity index (χ4v) is 2.46. The topological polar surface area (TPSA) is 42.1 Å². The molecule has 1 aromatic heterocycles. The summed E-state index contributed by atoms with van der Waals surface area (Å²) in [5, 5.41) is 1.19. The number of benzene rings is 1. The van der Waals surface area contributed by atoms with Gasteiger partial charge in [-0.2, -0.15) is 0 Å². The van der Waals surface area contributed by atoms with Gasteiger partial charge in [0.25, 0.3) is 0 Å². The van der Waals surface area contributed by atoms with Crippen molar-refractivity contribution >= 4 is 16.6 Å². The fourth-order valence-electron chi connectivity index (χ4n) is 2.46. The monoisotopic (exact) mass is 257 g/mol. The molecule has 0 radical (unpaired) electrons. The smallest absolute Gasteiger partial charge is 0.0723 e. The van der Waals surface area contributed by atoms with E-state index in [0.717, 1.165) is 17.6 Å². The number of anilines is 1. The summed E-state index contributed by atoms with van der Waals surface area (Å²) in [6, 6.07) is 8.26. The van der Waals surface area contributed by atoms with Crippen LogP contribution in [0.5, 0.6) is 0 Å². The number of para-hydroxylation sites is 1. The Labute approximate surface area is 115 Å². The number of nitrogens with zero attached hydrogens (tertiary/aromatic N) is 2. The first-order chi connectivity index (χ1) is 9.17. The van der Waals surface area contributed by atoms with E-state index in [1.807, 2.05) is 12.3 Å². The number of nitrogens with two attached hydrogens (primary N) is 1. The third kappa shape index (κ3) is 2.87. The quantitative estimate of drug-likeness (QED) is 0.894. The van der Waals surface area contributed by atoms with Gasteiger partial charge in [-0.1, -0.05) is 38.5 Å². The van der Waals surface area contributed by atoms with Gasteiger partial charge in [-0.05, 0) is 12.0 Å². The Morgan fingerprint density at radius 1 is 1.32 bits per heavy atom. The lowest BCUT2D eigenvalue weighted by Gasteiger charge is -2.26. The van der Waals surface area contributed by atoms with Crippen LogP contribution in [0.3, 0.4) is 0 Å². The van der Waals surface area contributed by atoms with Crippen molar-refractivity contribution in [3.05, 3.63) is 36.0 Å². The molecule has 1 unspecified atom stereocenters. The Morgan fingerprint density at radius 3 is 2.74 bits per heavy atom. The van der Waals surface area contributed by atoms with Gasteiger partial charge in [-0.3, -0.25) is 4.98 Å². The minimum Gasteiger partial charge on any atom is -0.373 e. The molecule has 0 saturated carbocycles. The Bertz CT molecular complexity index is 551. The maximum absolute atomic E-state index is 5.88. The van der Waals surface area contributed by atoms with Crippen molar-refractivity contribution in [2.75, 3.05) is 18.5 Å². The van der Waals surface area contributed by atoms with Crippen LogP contribution in [0.15, 0.2) is 30.5 Å². The summed E-state index contributed by atoms with van der Waals surface area (Å²) in [6.07, 6.45) is 3.09. The molecule has 0 aliphatic heterocycles. The molecule has 3 heteroatoms. The minimum absolute atomic E-state index is 0.526. The van der Waals surface area contributed by atoms with Gasteiger partial charge < -0.3 is 10.6 Å². The van der Waals surface area contributed by atoms with Crippen molar-refractivity contribution in [1.29, 1.82) is 0 Å². The van der Waals surface area contributed by atoms with Crippen molar-refractivity contribution in [2.24, 2.45) is 11.7 Å². The van der Waals surface area contributed by atoms with Gasteiger partial charge in [0.2, 0.25) is 0 Å². The molecule has 102 valence electrons. The summed E-state index contributed by atoms with van der Waals surface area (Å²) >= 11 is 0. The van der Waals surface area contributed by atoms with E-state index in [0.29, 0.717) is 12.5 Å². The molecule has 2 aromatic rings. The van der Waals surface area contributed by atoms with E-state index in [1.165, 1.54) is 17.5 Å². The van der Waals surface area contributed by atoms with E-state index in [2.05, 4.69) is 49.0 Å². The standard InChI is InChI=1S/C16H23N3/c1-4-12(2)11-19(3)16-13(9-17)10-18-15-8-6-5-7-14(15)16/h5-8,10,12H,4,9,11,17H2,1-3H3. The van der Waals surface area contributed by atoms with E-state index >= 15 is 0 Å².